The molecule has 0 aliphatic carbocycles. The Balaban J connectivity index is 2.31. The summed E-state index contributed by atoms with van der Waals surface area (Å²) in [5.74, 6) is -0.0416. The van der Waals surface area contributed by atoms with E-state index in [-0.39, 0.29) is 22.2 Å². The van der Waals surface area contributed by atoms with E-state index in [0.717, 1.165) is 5.38 Å². The van der Waals surface area contributed by atoms with E-state index in [4.69, 9.17) is 14.2 Å². The second-order valence-corrected chi connectivity index (χ2v) is 5.23. The van der Waals surface area contributed by atoms with Crippen LogP contribution in [0.3, 0.4) is 0 Å². The lowest BCUT2D eigenvalue weighted by molar-refractivity contribution is -0.140. The number of nitrogens with zero attached hydrogens (tertiary/aromatic N) is 1. The van der Waals surface area contributed by atoms with Gasteiger partial charge in [0.1, 0.15) is 0 Å². The first-order valence-corrected chi connectivity index (χ1v) is 7.32. The number of benzene rings is 1. The van der Waals surface area contributed by atoms with E-state index in [0.29, 0.717) is 17.1 Å². The third-order valence-electron chi connectivity index (χ3n) is 2.96. The average Bonchev–Trinajstić information content (AvgIpc) is 3.01. The zero-order chi connectivity index (χ0) is 17.9. The number of alkyl halides is 3. The minimum absolute atomic E-state index is 0.0684. The lowest BCUT2D eigenvalue weighted by atomic mass is 10.1. The van der Waals surface area contributed by atoms with Crippen molar-refractivity contribution in [3.63, 3.8) is 0 Å². The van der Waals surface area contributed by atoms with Gasteiger partial charge in [-0.2, -0.15) is 13.2 Å². The van der Waals surface area contributed by atoms with Crippen molar-refractivity contribution in [1.29, 1.82) is 0 Å². The van der Waals surface area contributed by atoms with Crippen molar-refractivity contribution in [2.24, 2.45) is 0 Å². The number of amides is 1. The van der Waals surface area contributed by atoms with Gasteiger partial charge in [-0.3, -0.25) is 10.1 Å². The van der Waals surface area contributed by atoms with Gasteiger partial charge in [0.15, 0.2) is 22.3 Å². The zero-order valence-electron chi connectivity index (χ0n) is 12.9. The van der Waals surface area contributed by atoms with Crippen LogP contribution in [0.2, 0.25) is 0 Å². The topological polar surface area (TPSA) is 69.7 Å². The van der Waals surface area contributed by atoms with Gasteiger partial charge in [-0.1, -0.05) is 0 Å². The molecule has 1 amide bonds. The summed E-state index contributed by atoms with van der Waals surface area (Å²) in [7, 11) is 4.13. The predicted octanol–water partition coefficient (Wildman–Crippen LogP) is 3.44. The predicted molar refractivity (Wildman–Crippen MR) is 81.2 cm³/mol. The van der Waals surface area contributed by atoms with Crippen LogP contribution in [0.4, 0.5) is 18.3 Å². The van der Waals surface area contributed by atoms with Crippen molar-refractivity contribution in [2.45, 2.75) is 6.18 Å². The fraction of sp³-hybridized carbons (Fsp3) is 0.286. The monoisotopic (exact) mass is 362 g/mol. The summed E-state index contributed by atoms with van der Waals surface area (Å²) in [6.45, 7) is 0. The van der Waals surface area contributed by atoms with E-state index in [1.807, 2.05) is 0 Å². The number of halogens is 3. The molecular weight excluding hydrogens is 349 g/mol. The Morgan fingerprint density at radius 2 is 1.79 bits per heavy atom. The van der Waals surface area contributed by atoms with E-state index < -0.39 is 17.8 Å². The van der Waals surface area contributed by atoms with Crippen LogP contribution in [0.1, 0.15) is 16.1 Å². The molecule has 130 valence electrons. The Kier molecular flexibility index (Phi) is 5.17. The number of hydrogen-bond acceptors (Lipinski definition) is 6. The number of rotatable bonds is 5. The summed E-state index contributed by atoms with van der Waals surface area (Å²) in [5.41, 5.74) is -0.999. The van der Waals surface area contributed by atoms with Gasteiger partial charge in [0.05, 0.1) is 26.9 Å². The Morgan fingerprint density at radius 1 is 1.12 bits per heavy atom. The highest BCUT2D eigenvalue weighted by molar-refractivity contribution is 7.14. The number of anilines is 1. The lowest BCUT2D eigenvalue weighted by Crippen LogP contribution is -2.14. The smallest absolute Gasteiger partial charge is 0.434 e. The van der Waals surface area contributed by atoms with Crippen LogP contribution in [0, 0.1) is 0 Å². The standard InChI is InChI=1S/C14H13F3N2O4S/c1-21-8-5-4-7(10(22-2)11(8)23-3)12(20)19-13-18-9(6-24-13)14(15,16)17/h4-6H,1-3H3,(H,18,19,20). The molecule has 0 aliphatic rings. The molecule has 1 N–H and O–H groups in total. The number of nitrogens with one attached hydrogen (secondary N) is 1. The first-order chi connectivity index (χ1) is 11.3. The molecule has 0 fully saturated rings. The number of carbonyl (C=O) groups is 1. The van der Waals surface area contributed by atoms with E-state index in [9.17, 15) is 18.0 Å². The van der Waals surface area contributed by atoms with Gasteiger partial charge in [-0.15, -0.1) is 11.3 Å². The largest absolute Gasteiger partial charge is 0.493 e. The van der Waals surface area contributed by atoms with E-state index >= 15 is 0 Å². The van der Waals surface area contributed by atoms with Crippen molar-refractivity contribution in [3.8, 4) is 17.2 Å². The molecule has 24 heavy (non-hydrogen) atoms. The van der Waals surface area contributed by atoms with Gasteiger partial charge in [-0.25, -0.2) is 4.98 Å². The van der Waals surface area contributed by atoms with E-state index in [1.165, 1.54) is 33.5 Å². The van der Waals surface area contributed by atoms with Crippen LogP contribution in [0.5, 0.6) is 17.2 Å². The van der Waals surface area contributed by atoms with Crippen LogP contribution in [-0.4, -0.2) is 32.2 Å². The van der Waals surface area contributed by atoms with E-state index in [1.54, 1.807) is 0 Å². The van der Waals surface area contributed by atoms with Gasteiger partial charge in [0.2, 0.25) is 5.75 Å². The molecule has 1 aromatic carbocycles. The lowest BCUT2D eigenvalue weighted by Gasteiger charge is -2.15. The van der Waals surface area contributed by atoms with Crippen LogP contribution in [0.15, 0.2) is 17.5 Å². The Hall–Kier alpha value is -2.49. The first kappa shape index (κ1) is 17.9. The minimum Gasteiger partial charge on any atom is -0.493 e. The molecule has 6 nitrogen and oxygen atoms in total. The van der Waals surface area contributed by atoms with Crippen LogP contribution in [0.25, 0.3) is 0 Å². The maximum atomic E-state index is 12.5. The fourth-order valence-electron chi connectivity index (χ4n) is 1.91. The number of methoxy groups -OCH3 is 3. The zero-order valence-corrected chi connectivity index (χ0v) is 13.7. The van der Waals surface area contributed by atoms with Gasteiger partial charge in [0.25, 0.3) is 5.91 Å². The van der Waals surface area contributed by atoms with E-state index in [2.05, 4.69) is 10.3 Å². The summed E-state index contributed by atoms with van der Waals surface area (Å²) in [6, 6.07) is 2.90. The SMILES string of the molecule is COc1ccc(C(=O)Nc2nc(C(F)(F)F)cs2)c(OC)c1OC. The second kappa shape index (κ2) is 6.95. The maximum absolute atomic E-state index is 12.5. The molecule has 0 saturated heterocycles. The Morgan fingerprint density at radius 3 is 2.29 bits per heavy atom. The molecule has 0 radical (unpaired) electrons. The summed E-state index contributed by atoms with van der Waals surface area (Å²) in [6.07, 6.45) is -4.57. The summed E-state index contributed by atoms with van der Waals surface area (Å²) < 4.78 is 53.1. The molecule has 0 atom stereocenters. The molecule has 2 aromatic rings. The molecule has 1 aromatic heterocycles. The van der Waals surface area contributed by atoms with Crippen molar-refractivity contribution >= 4 is 22.4 Å². The Labute approximate surface area is 139 Å². The molecule has 0 unspecified atom stereocenters. The minimum atomic E-state index is -4.57. The van der Waals surface area contributed by atoms with Crippen molar-refractivity contribution < 1.29 is 32.2 Å². The quantitative estimate of drug-likeness (QED) is 0.882. The molecule has 0 saturated carbocycles. The highest BCUT2D eigenvalue weighted by atomic mass is 32.1. The highest BCUT2D eigenvalue weighted by Gasteiger charge is 2.34. The molecule has 0 spiro atoms. The van der Waals surface area contributed by atoms with Crippen molar-refractivity contribution in [2.75, 3.05) is 26.6 Å². The summed E-state index contributed by atoms with van der Waals surface area (Å²) >= 11 is 0.671. The van der Waals surface area contributed by atoms with Gasteiger partial charge >= 0.3 is 6.18 Å². The maximum Gasteiger partial charge on any atom is 0.434 e. The first-order valence-electron chi connectivity index (χ1n) is 6.44. The number of carbonyl (C=O) groups excluding carboxylic acids is 1. The average molecular weight is 362 g/mol. The molecular formula is C14H13F3N2O4S. The van der Waals surface area contributed by atoms with Gasteiger partial charge in [0, 0.05) is 5.38 Å². The number of ether oxygens (including phenoxy) is 3. The molecule has 10 heteroatoms. The van der Waals surface area contributed by atoms with Crippen LogP contribution in [-0.2, 0) is 6.18 Å². The second-order valence-electron chi connectivity index (χ2n) is 4.37. The van der Waals surface area contributed by atoms with Crippen LogP contribution >= 0.6 is 11.3 Å². The third kappa shape index (κ3) is 3.53. The molecule has 2 rings (SSSR count). The molecule has 1 heterocycles. The molecule has 0 aliphatic heterocycles. The number of aromatic nitrogens is 1. The third-order valence-corrected chi connectivity index (χ3v) is 3.72. The highest BCUT2D eigenvalue weighted by Crippen LogP contribution is 2.40. The normalized spacial score (nSPS) is 11.1. The van der Waals surface area contributed by atoms with Gasteiger partial charge in [-0.05, 0) is 12.1 Å². The Bertz CT molecular complexity index is 746. The molecule has 0 bridgehead atoms. The van der Waals surface area contributed by atoms with Gasteiger partial charge < -0.3 is 14.2 Å². The van der Waals surface area contributed by atoms with Crippen molar-refractivity contribution in [3.05, 3.63) is 28.8 Å². The van der Waals surface area contributed by atoms with Crippen LogP contribution < -0.4 is 19.5 Å². The number of hydrogen-bond donors (Lipinski definition) is 1. The fourth-order valence-corrected chi connectivity index (χ4v) is 2.62. The van der Waals surface area contributed by atoms with Crippen molar-refractivity contribution in [1.82, 2.24) is 4.98 Å². The summed E-state index contributed by atoms with van der Waals surface area (Å²) in [4.78, 5) is 15.7. The number of thiazole rings is 1. The summed E-state index contributed by atoms with van der Waals surface area (Å²) in [5, 5.41) is 2.95.